The molecule has 0 atom stereocenters. The maximum Gasteiger partial charge on any atom is 0.151 e. The van der Waals surface area contributed by atoms with Crippen molar-refractivity contribution < 1.29 is 5.11 Å². The average Bonchev–Trinajstić information content (AvgIpc) is 2.70. The summed E-state index contributed by atoms with van der Waals surface area (Å²) in [6.45, 7) is 11.1. The van der Waals surface area contributed by atoms with Gasteiger partial charge in [-0.1, -0.05) is 6.92 Å². The average molecular weight is 420 g/mol. The molecule has 0 spiro atoms. The number of fused-ring (bicyclic) bond motifs is 1. The number of phenols is 1. The first-order valence-corrected chi connectivity index (χ1v) is 11.0. The molecule has 1 aliphatic heterocycles. The zero-order valence-corrected chi connectivity index (χ0v) is 19.4. The summed E-state index contributed by atoms with van der Waals surface area (Å²) in [5.41, 5.74) is 3.41. The third-order valence-corrected chi connectivity index (χ3v) is 6.27. The maximum atomic E-state index is 10.6. The van der Waals surface area contributed by atoms with Crippen molar-refractivity contribution in [3.63, 3.8) is 0 Å². The Morgan fingerprint density at radius 2 is 1.77 bits per heavy atom. The summed E-state index contributed by atoms with van der Waals surface area (Å²) in [5.74, 6) is 1.01. The molecule has 3 aromatic rings. The topological polar surface area (TPSA) is 74.2 Å². The third kappa shape index (κ3) is 4.49. The first-order chi connectivity index (χ1) is 14.6. The Bertz CT molecular complexity index is 1080. The highest BCUT2D eigenvalue weighted by molar-refractivity contribution is 5.87. The lowest BCUT2D eigenvalue weighted by molar-refractivity contribution is 0.160. The molecule has 3 heterocycles. The number of rotatable bonds is 4. The van der Waals surface area contributed by atoms with Gasteiger partial charge in [0.25, 0.3) is 0 Å². The van der Waals surface area contributed by atoms with E-state index in [-0.39, 0.29) is 16.8 Å². The van der Waals surface area contributed by atoms with Crippen LogP contribution < -0.4 is 10.2 Å². The number of nitrogens with zero attached hydrogens (tertiary/aromatic N) is 4. The fourth-order valence-electron chi connectivity index (χ4n) is 5.00. The molecular weight excluding hydrogens is 386 g/mol. The van der Waals surface area contributed by atoms with Gasteiger partial charge in [-0.3, -0.25) is 4.98 Å². The van der Waals surface area contributed by atoms with Crippen LogP contribution in [0.4, 0.5) is 5.82 Å². The van der Waals surface area contributed by atoms with Crippen LogP contribution in [0.2, 0.25) is 0 Å². The number of hydrogen-bond donors (Lipinski definition) is 2. The van der Waals surface area contributed by atoms with E-state index in [1.54, 1.807) is 6.07 Å². The number of phenolic OH excluding ortho intramolecular Hbond substituents is 1. The molecule has 6 nitrogen and oxygen atoms in total. The Labute approximate surface area is 184 Å². The van der Waals surface area contributed by atoms with E-state index in [4.69, 9.17) is 0 Å². The van der Waals surface area contributed by atoms with Crippen molar-refractivity contribution in [2.45, 2.75) is 71.0 Å². The van der Waals surface area contributed by atoms with Crippen molar-refractivity contribution in [1.29, 1.82) is 0 Å². The number of piperidine rings is 1. The van der Waals surface area contributed by atoms with Crippen molar-refractivity contribution in [1.82, 2.24) is 20.5 Å². The SMILES string of the molecule is CCc1cnc2cc(O)c(-c3ccc(N(C)C4CC(C)(C)NC(C)(C)C4)nn3)cc2c1. The summed E-state index contributed by atoms with van der Waals surface area (Å²) in [6.07, 6.45) is 4.85. The molecule has 6 heteroatoms. The van der Waals surface area contributed by atoms with Crippen LogP contribution in [-0.4, -0.2) is 44.5 Å². The van der Waals surface area contributed by atoms with Crippen LogP contribution in [0, 0.1) is 0 Å². The zero-order chi connectivity index (χ0) is 22.4. The maximum absolute atomic E-state index is 10.6. The highest BCUT2D eigenvalue weighted by Gasteiger charge is 2.39. The summed E-state index contributed by atoms with van der Waals surface area (Å²) in [5, 5.41) is 24.3. The molecule has 0 radical (unpaired) electrons. The zero-order valence-electron chi connectivity index (χ0n) is 19.4. The molecule has 31 heavy (non-hydrogen) atoms. The molecule has 2 aromatic heterocycles. The predicted octanol–water partition coefficient (Wildman–Crippen LogP) is 4.71. The lowest BCUT2D eigenvalue weighted by Crippen LogP contribution is -2.62. The minimum atomic E-state index is 0.0658. The Morgan fingerprint density at radius 1 is 1.06 bits per heavy atom. The minimum Gasteiger partial charge on any atom is -0.507 e. The summed E-state index contributed by atoms with van der Waals surface area (Å²) in [4.78, 5) is 6.69. The van der Waals surface area contributed by atoms with E-state index in [2.05, 4.69) is 73.1 Å². The molecular formula is C25H33N5O. The number of hydrogen-bond acceptors (Lipinski definition) is 6. The molecule has 4 rings (SSSR count). The minimum absolute atomic E-state index is 0.0658. The molecule has 1 aromatic carbocycles. The lowest BCUT2D eigenvalue weighted by atomic mass is 9.79. The van der Waals surface area contributed by atoms with Crippen LogP contribution >= 0.6 is 0 Å². The van der Waals surface area contributed by atoms with Crippen LogP contribution in [0.15, 0.2) is 36.5 Å². The summed E-state index contributed by atoms with van der Waals surface area (Å²) in [6, 6.07) is 10.1. The van der Waals surface area contributed by atoms with Gasteiger partial charge in [0.2, 0.25) is 0 Å². The quantitative estimate of drug-likeness (QED) is 0.638. The molecule has 0 bridgehead atoms. The van der Waals surface area contributed by atoms with Crippen LogP contribution in [0.3, 0.4) is 0 Å². The Morgan fingerprint density at radius 3 is 2.39 bits per heavy atom. The summed E-state index contributed by atoms with van der Waals surface area (Å²) in [7, 11) is 2.09. The monoisotopic (exact) mass is 419 g/mol. The summed E-state index contributed by atoms with van der Waals surface area (Å²) < 4.78 is 0. The van der Waals surface area contributed by atoms with Crippen molar-refractivity contribution in [2.75, 3.05) is 11.9 Å². The van der Waals surface area contributed by atoms with Crippen molar-refractivity contribution in [2.24, 2.45) is 0 Å². The van der Waals surface area contributed by atoms with Crippen LogP contribution in [0.5, 0.6) is 5.75 Å². The summed E-state index contributed by atoms with van der Waals surface area (Å²) >= 11 is 0. The first kappa shape index (κ1) is 21.5. The number of nitrogens with one attached hydrogen (secondary N) is 1. The van der Waals surface area contributed by atoms with Crippen molar-refractivity contribution in [3.05, 3.63) is 42.1 Å². The smallest absolute Gasteiger partial charge is 0.151 e. The Hall–Kier alpha value is -2.73. The second-order valence-corrected chi connectivity index (χ2v) is 10.1. The van der Waals surface area contributed by atoms with Crippen LogP contribution in [-0.2, 0) is 6.42 Å². The number of aromatic nitrogens is 3. The lowest BCUT2D eigenvalue weighted by Gasteiger charge is -2.49. The Balaban J connectivity index is 1.61. The number of aromatic hydroxyl groups is 1. The van der Waals surface area contributed by atoms with E-state index in [0.29, 0.717) is 17.3 Å². The number of benzene rings is 1. The molecule has 0 aliphatic carbocycles. The standard InChI is InChI=1S/C25H33N5O/c1-7-16-10-17-11-19(22(31)12-21(17)26-15-16)20-8-9-23(28-27-20)30(6)18-13-24(2,3)29-25(4,5)14-18/h8-12,15,18,29,31H,7,13-14H2,1-6H3. The van der Waals surface area contributed by atoms with E-state index in [1.807, 2.05) is 24.4 Å². The second-order valence-electron chi connectivity index (χ2n) is 10.1. The van der Waals surface area contributed by atoms with E-state index in [0.717, 1.165) is 36.0 Å². The fourth-order valence-corrected chi connectivity index (χ4v) is 5.00. The van der Waals surface area contributed by atoms with Gasteiger partial charge in [-0.15, -0.1) is 10.2 Å². The van der Waals surface area contributed by atoms with Gasteiger partial charge in [-0.25, -0.2) is 0 Å². The fraction of sp³-hybridized carbons (Fsp3) is 0.480. The Kier molecular flexibility index (Phi) is 5.38. The molecule has 1 saturated heterocycles. The third-order valence-electron chi connectivity index (χ3n) is 6.27. The normalized spacial score (nSPS) is 18.3. The number of aryl methyl sites for hydroxylation is 1. The largest absolute Gasteiger partial charge is 0.507 e. The van der Waals surface area contributed by atoms with Gasteiger partial charge in [0, 0.05) is 47.4 Å². The van der Waals surface area contributed by atoms with Gasteiger partial charge in [-0.05, 0) is 76.8 Å². The molecule has 1 fully saturated rings. The second kappa shape index (κ2) is 7.75. The van der Waals surface area contributed by atoms with Crippen LogP contribution in [0.1, 0.15) is 53.0 Å². The van der Waals surface area contributed by atoms with Gasteiger partial charge in [0.05, 0.1) is 11.2 Å². The van der Waals surface area contributed by atoms with Crippen LogP contribution in [0.25, 0.3) is 22.2 Å². The van der Waals surface area contributed by atoms with Gasteiger partial charge in [0.15, 0.2) is 5.82 Å². The van der Waals surface area contributed by atoms with E-state index in [9.17, 15) is 5.11 Å². The molecule has 0 saturated carbocycles. The number of anilines is 1. The van der Waals surface area contributed by atoms with Gasteiger partial charge in [-0.2, -0.15) is 0 Å². The van der Waals surface area contributed by atoms with E-state index >= 15 is 0 Å². The predicted molar refractivity (Wildman–Crippen MR) is 127 cm³/mol. The first-order valence-electron chi connectivity index (χ1n) is 11.0. The molecule has 0 unspecified atom stereocenters. The number of pyridine rings is 1. The van der Waals surface area contributed by atoms with Gasteiger partial charge in [0.1, 0.15) is 5.75 Å². The van der Waals surface area contributed by atoms with Gasteiger partial charge >= 0.3 is 0 Å². The highest BCUT2D eigenvalue weighted by Crippen LogP contribution is 2.34. The highest BCUT2D eigenvalue weighted by atomic mass is 16.3. The van der Waals surface area contributed by atoms with Crippen molar-refractivity contribution >= 4 is 16.7 Å². The molecule has 0 amide bonds. The molecule has 2 N–H and O–H groups in total. The van der Waals surface area contributed by atoms with E-state index in [1.165, 1.54) is 5.56 Å². The molecule has 164 valence electrons. The molecule has 1 aliphatic rings. The van der Waals surface area contributed by atoms with E-state index < -0.39 is 0 Å². The van der Waals surface area contributed by atoms with Gasteiger partial charge < -0.3 is 15.3 Å². The van der Waals surface area contributed by atoms with Crippen molar-refractivity contribution in [3.8, 4) is 17.0 Å².